The van der Waals surface area contributed by atoms with Crippen LogP contribution >= 0.6 is 0 Å². The highest BCUT2D eigenvalue weighted by atomic mass is 15.1. The fourth-order valence-corrected chi connectivity index (χ4v) is 8.10. The molecule has 4 heteroatoms. The molecule has 0 amide bonds. The van der Waals surface area contributed by atoms with E-state index in [4.69, 9.17) is 9.97 Å². The molecule has 0 saturated carbocycles. The Hall–Kier alpha value is -7.56. The molecule has 2 heterocycles. The minimum absolute atomic E-state index is 0.943. The lowest BCUT2D eigenvalue weighted by Crippen LogP contribution is -1.97. The Balaban J connectivity index is 0.898. The first-order valence-corrected chi connectivity index (χ1v) is 19.0. The van der Waals surface area contributed by atoms with Crippen LogP contribution in [0.25, 0.3) is 100 Å². The molecule has 2 aromatic heterocycles. The molecule has 0 atom stereocenters. The van der Waals surface area contributed by atoms with Crippen LogP contribution in [0.2, 0.25) is 0 Å². The smallest absolute Gasteiger partial charge is 0.145 e. The van der Waals surface area contributed by atoms with Gasteiger partial charge in [-0.25, -0.2) is 9.97 Å². The maximum absolute atomic E-state index is 5.02. The monoisotopic (exact) mass is 714 g/mol. The number of hydrogen-bond donors (Lipinski definition) is 0. The lowest BCUT2D eigenvalue weighted by molar-refractivity contribution is 1.10. The minimum atomic E-state index is 0.943. The third-order valence-corrected chi connectivity index (χ3v) is 10.9. The Morgan fingerprint density at radius 2 is 0.643 bits per heavy atom. The summed E-state index contributed by atoms with van der Waals surface area (Å²) in [5, 5.41) is 4.90. The van der Waals surface area contributed by atoms with Gasteiger partial charge in [0.25, 0.3) is 0 Å². The number of aromatic nitrogens is 4. The van der Waals surface area contributed by atoms with Crippen LogP contribution in [0.15, 0.2) is 206 Å². The second kappa shape index (κ2) is 13.1. The van der Waals surface area contributed by atoms with Crippen LogP contribution in [0.1, 0.15) is 0 Å². The van der Waals surface area contributed by atoms with Gasteiger partial charge in [-0.3, -0.25) is 9.13 Å². The van der Waals surface area contributed by atoms with Gasteiger partial charge in [0, 0.05) is 22.5 Å². The summed E-state index contributed by atoms with van der Waals surface area (Å²) in [6.45, 7) is 0. The fraction of sp³-hybridized carbons (Fsp3) is 0. The van der Waals surface area contributed by atoms with E-state index in [9.17, 15) is 0 Å². The van der Waals surface area contributed by atoms with Crippen molar-refractivity contribution in [2.45, 2.75) is 0 Å². The molecule has 0 aliphatic rings. The van der Waals surface area contributed by atoms with Gasteiger partial charge >= 0.3 is 0 Å². The zero-order valence-corrected chi connectivity index (χ0v) is 30.4. The highest BCUT2D eigenvalue weighted by Gasteiger charge is 2.16. The third kappa shape index (κ3) is 5.47. The van der Waals surface area contributed by atoms with Crippen LogP contribution in [0, 0.1) is 0 Å². The molecule has 262 valence electrons. The largest absolute Gasteiger partial charge is 0.292 e. The summed E-state index contributed by atoms with van der Waals surface area (Å²) < 4.78 is 4.51. The quantitative estimate of drug-likeness (QED) is 0.161. The highest BCUT2D eigenvalue weighted by molar-refractivity contribution is 6.01. The van der Waals surface area contributed by atoms with Gasteiger partial charge in [0.1, 0.15) is 11.6 Å². The maximum atomic E-state index is 5.02. The van der Waals surface area contributed by atoms with E-state index in [1.54, 1.807) is 0 Å². The average molecular weight is 715 g/mol. The first-order chi connectivity index (χ1) is 27.7. The van der Waals surface area contributed by atoms with Gasteiger partial charge < -0.3 is 0 Å². The molecule has 0 saturated heterocycles. The van der Waals surface area contributed by atoms with Crippen LogP contribution in [-0.4, -0.2) is 19.1 Å². The second-order valence-corrected chi connectivity index (χ2v) is 14.3. The Labute approximate surface area is 324 Å². The number of rotatable bonds is 6. The standard InChI is InChI=1S/C52H34N4/c1-3-11-37(12-4-1)51-53-47-15-7-9-17-49(47)55(51)45-27-23-35(24-28-45)39-19-21-41-34-44-32-40(20-22-42(44)33-43(41)31-39)36-25-29-46(30-26-36)56-50-18-10-8-16-48(50)54-52(56)38-13-5-2-6-14-38/h1-34H. The van der Waals surface area contributed by atoms with E-state index in [2.05, 4.69) is 191 Å². The van der Waals surface area contributed by atoms with Crippen molar-refractivity contribution in [1.29, 1.82) is 0 Å². The van der Waals surface area contributed by atoms with Crippen molar-refractivity contribution >= 4 is 43.6 Å². The van der Waals surface area contributed by atoms with Crippen LogP contribution in [0.5, 0.6) is 0 Å². The fourth-order valence-electron chi connectivity index (χ4n) is 8.10. The molecule has 0 radical (unpaired) electrons. The number of hydrogen-bond acceptors (Lipinski definition) is 2. The second-order valence-electron chi connectivity index (χ2n) is 14.3. The number of imidazole rings is 2. The molecule has 0 fully saturated rings. The van der Waals surface area contributed by atoms with Gasteiger partial charge in [0.15, 0.2) is 0 Å². The number of benzene rings is 9. The van der Waals surface area contributed by atoms with Crippen molar-refractivity contribution < 1.29 is 0 Å². The maximum Gasteiger partial charge on any atom is 0.145 e. The topological polar surface area (TPSA) is 35.6 Å². The number of nitrogens with zero attached hydrogens (tertiary/aromatic N) is 4. The van der Waals surface area contributed by atoms with Crippen molar-refractivity contribution in [3.63, 3.8) is 0 Å². The summed E-state index contributed by atoms with van der Waals surface area (Å²) in [5.74, 6) is 1.89. The molecule has 0 spiro atoms. The van der Waals surface area contributed by atoms with E-state index in [-0.39, 0.29) is 0 Å². The molecule has 11 aromatic rings. The summed E-state index contributed by atoms with van der Waals surface area (Å²) in [7, 11) is 0. The van der Waals surface area contributed by atoms with Gasteiger partial charge in [0.05, 0.1) is 22.1 Å². The molecule has 11 rings (SSSR count). The minimum Gasteiger partial charge on any atom is -0.292 e. The predicted molar refractivity (Wildman–Crippen MR) is 232 cm³/mol. The molecule has 0 unspecified atom stereocenters. The Morgan fingerprint density at radius 1 is 0.268 bits per heavy atom. The lowest BCUT2D eigenvalue weighted by Gasteiger charge is -2.12. The average Bonchev–Trinajstić information content (AvgIpc) is 3.86. The van der Waals surface area contributed by atoms with Crippen molar-refractivity contribution in [1.82, 2.24) is 19.1 Å². The van der Waals surface area contributed by atoms with E-state index in [1.807, 2.05) is 24.3 Å². The van der Waals surface area contributed by atoms with Gasteiger partial charge in [-0.2, -0.15) is 0 Å². The zero-order valence-electron chi connectivity index (χ0n) is 30.4. The van der Waals surface area contributed by atoms with Gasteiger partial charge in [-0.05, 0) is 117 Å². The Kier molecular flexibility index (Phi) is 7.46. The summed E-state index contributed by atoms with van der Waals surface area (Å²) in [6.07, 6.45) is 0. The third-order valence-electron chi connectivity index (χ3n) is 10.9. The Bertz CT molecular complexity index is 2990. The lowest BCUT2D eigenvalue weighted by atomic mass is 9.96. The normalized spacial score (nSPS) is 11.6. The van der Waals surface area contributed by atoms with Crippen LogP contribution < -0.4 is 0 Å². The van der Waals surface area contributed by atoms with E-state index in [0.717, 1.165) is 56.2 Å². The van der Waals surface area contributed by atoms with E-state index < -0.39 is 0 Å². The van der Waals surface area contributed by atoms with Crippen molar-refractivity contribution in [2.24, 2.45) is 0 Å². The summed E-state index contributed by atoms with van der Waals surface area (Å²) >= 11 is 0. The van der Waals surface area contributed by atoms with Crippen LogP contribution in [0.4, 0.5) is 0 Å². The van der Waals surface area contributed by atoms with Gasteiger partial charge in [-0.15, -0.1) is 0 Å². The number of para-hydroxylation sites is 4. The van der Waals surface area contributed by atoms with Gasteiger partial charge in [-0.1, -0.05) is 133 Å². The predicted octanol–water partition coefficient (Wildman–Crippen LogP) is 13.3. The van der Waals surface area contributed by atoms with Crippen LogP contribution in [-0.2, 0) is 0 Å². The molecule has 56 heavy (non-hydrogen) atoms. The zero-order chi connectivity index (χ0) is 37.0. The van der Waals surface area contributed by atoms with Gasteiger partial charge in [0.2, 0.25) is 0 Å². The summed E-state index contributed by atoms with van der Waals surface area (Å²) in [5.41, 5.74) is 13.3. The first-order valence-electron chi connectivity index (χ1n) is 19.0. The van der Waals surface area contributed by atoms with Crippen LogP contribution in [0.3, 0.4) is 0 Å². The molecule has 0 N–H and O–H groups in total. The van der Waals surface area contributed by atoms with E-state index in [0.29, 0.717) is 0 Å². The first kappa shape index (κ1) is 31.9. The highest BCUT2D eigenvalue weighted by Crippen LogP contribution is 2.34. The SMILES string of the molecule is c1ccc(-c2nc3ccccc3n2-c2ccc(-c3ccc4cc5cc(-c6ccc(-n7c(-c8ccccc8)nc8ccccc87)cc6)ccc5cc4c3)cc2)cc1. The van der Waals surface area contributed by atoms with E-state index in [1.165, 1.54) is 43.8 Å². The Morgan fingerprint density at radius 3 is 1.07 bits per heavy atom. The molecule has 4 nitrogen and oxygen atoms in total. The molecule has 0 bridgehead atoms. The van der Waals surface area contributed by atoms with E-state index >= 15 is 0 Å². The number of fused-ring (bicyclic) bond motifs is 4. The summed E-state index contributed by atoms with van der Waals surface area (Å²) in [4.78, 5) is 10.0. The molecular formula is C52H34N4. The molecule has 0 aliphatic heterocycles. The molecule has 0 aliphatic carbocycles. The summed E-state index contributed by atoms with van der Waals surface area (Å²) in [6, 6.07) is 73.4. The van der Waals surface area contributed by atoms with Crippen molar-refractivity contribution in [2.75, 3.05) is 0 Å². The van der Waals surface area contributed by atoms with Crippen molar-refractivity contribution in [3.05, 3.63) is 206 Å². The molecule has 9 aromatic carbocycles. The molecular weight excluding hydrogens is 681 g/mol. The van der Waals surface area contributed by atoms with Crippen molar-refractivity contribution in [3.8, 4) is 56.4 Å².